The molecule has 0 saturated carbocycles. The Hall–Kier alpha value is -3.28. The van der Waals surface area contributed by atoms with Crippen LogP contribution in [0.25, 0.3) is 0 Å². The Labute approximate surface area is 160 Å². The predicted octanol–water partition coefficient (Wildman–Crippen LogP) is 5.21. The lowest BCUT2D eigenvalue weighted by molar-refractivity contribution is -0.137. The van der Waals surface area contributed by atoms with Crippen molar-refractivity contribution in [3.63, 3.8) is 0 Å². The maximum atomic E-state index is 12.6. The molecule has 0 aliphatic carbocycles. The summed E-state index contributed by atoms with van der Waals surface area (Å²) in [5.41, 5.74) is 1.44. The first-order chi connectivity index (χ1) is 13.4. The van der Waals surface area contributed by atoms with Crippen molar-refractivity contribution in [2.75, 3.05) is 0 Å². The van der Waals surface area contributed by atoms with Crippen LogP contribution in [-0.4, -0.2) is 5.91 Å². The second-order valence-electron chi connectivity index (χ2n) is 6.18. The van der Waals surface area contributed by atoms with Crippen LogP contribution in [0, 0.1) is 0 Å². The van der Waals surface area contributed by atoms with E-state index in [1.54, 1.807) is 24.3 Å². The molecule has 0 aromatic heterocycles. The van der Waals surface area contributed by atoms with E-state index in [9.17, 15) is 18.0 Å². The van der Waals surface area contributed by atoms with Gasteiger partial charge in [-0.3, -0.25) is 4.79 Å². The molecule has 3 aromatic rings. The second kappa shape index (κ2) is 8.61. The maximum Gasteiger partial charge on any atom is 0.416 e. The maximum absolute atomic E-state index is 12.6. The summed E-state index contributed by atoms with van der Waals surface area (Å²) in [7, 11) is 0. The topological polar surface area (TPSA) is 38.3 Å². The fourth-order valence-electron chi connectivity index (χ4n) is 2.54. The third-order valence-corrected chi connectivity index (χ3v) is 4.10. The molecule has 0 saturated heterocycles. The monoisotopic (exact) mass is 385 g/mol. The number of rotatable bonds is 6. The van der Waals surface area contributed by atoms with E-state index >= 15 is 0 Å². The van der Waals surface area contributed by atoms with Gasteiger partial charge in [0.1, 0.15) is 12.4 Å². The molecule has 0 aliphatic heterocycles. The molecule has 0 bridgehead atoms. The van der Waals surface area contributed by atoms with Crippen molar-refractivity contribution < 1.29 is 22.7 Å². The minimum Gasteiger partial charge on any atom is -0.489 e. The lowest BCUT2D eigenvalue weighted by Crippen LogP contribution is -2.22. The van der Waals surface area contributed by atoms with Crippen LogP contribution >= 0.6 is 0 Å². The van der Waals surface area contributed by atoms with Gasteiger partial charge in [0.15, 0.2) is 0 Å². The third-order valence-electron chi connectivity index (χ3n) is 4.10. The van der Waals surface area contributed by atoms with E-state index in [-0.39, 0.29) is 12.5 Å². The van der Waals surface area contributed by atoms with Crippen molar-refractivity contribution >= 4 is 5.91 Å². The summed E-state index contributed by atoms with van der Waals surface area (Å²) in [4.78, 5) is 12.2. The van der Waals surface area contributed by atoms with Gasteiger partial charge in [-0.1, -0.05) is 42.5 Å². The number of ether oxygens (including phenoxy) is 1. The number of hydrogen-bond acceptors (Lipinski definition) is 2. The second-order valence-corrected chi connectivity index (χ2v) is 6.18. The van der Waals surface area contributed by atoms with Crippen molar-refractivity contribution in [1.29, 1.82) is 0 Å². The molecule has 0 radical (unpaired) electrons. The van der Waals surface area contributed by atoms with Crippen molar-refractivity contribution in [3.05, 3.63) is 101 Å². The van der Waals surface area contributed by atoms with E-state index in [0.29, 0.717) is 23.4 Å². The summed E-state index contributed by atoms with van der Waals surface area (Å²) in [6, 6.07) is 21.0. The number of nitrogens with one attached hydrogen (secondary N) is 1. The zero-order chi connectivity index (χ0) is 20.0. The van der Waals surface area contributed by atoms with Crippen LogP contribution in [0.3, 0.4) is 0 Å². The largest absolute Gasteiger partial charge is 0.489 e. The molecule has 0 unspecified atom stereocenters. The van der Waals surface area contributed by atoms with Gasteiger partial charge in [-0.05, 0) is 47.5 Å². The lowest BCUT2D eigenvalue weighted by atomic mass is 10.1. The van der Waals surface area contributed by atoms with Crippen LogP contribution in [0.5, 0.6) is 5.75 Å². The summed E-state index contributed by atoms with van der Waals surface area (Å²) in [5.74, 6) is 0.331. The lowest BCUT2D eigenvalue weighted by Gasteiger charge is -2.10. The highest BCUT2D eigenvalue weighted by molar-refractivity contribution is 5.94. The van der Waals surface area contributed by atoms with Crippen molar-refractivity contribution in [3.8, 4) is 5.75 Å². The normalized spacial score (nSPS) is 11.1. The SMILES string of the molecule is O=C(NCc1ccccc1)c1ccc(OCc2ccc(C(F)(F)F)cc2)cc1. The molecule has 6 heteroatoms. The van der Waals surface area contributed by atoms with Crippen LogP contribution in [0.1, 0.15) is 27.0 Å². The molecule has 1 amide bonds. The first-order valence-corrected chi connectivity index (χ1v) is 8.63. The highest BCUT2D eigenvalue weighted by atomic mass is 19.4. The molecule has 0 heterocycles. The van der Waals surface area contributed by atoms with Crippen LogP contribution < -0.4 is 10.1 Å². The Kier molecular flexibility index (Phi) is 5.99. The minimum absolute atomic E-state index is 0.137. The van der Waals surface area contributed by atoms with Crippen LogP contribution in [0.4, 0.5) is 13.2 Å². The van der Waals surface area contributed by atoms with E-state index in [1.165, 1.54) is 12.1 Å². The van der Waals surface area contributed by atoms with Gasteiger partial charge in [0.2, 0.25) is 0 Å². The average Bonchev–Trinajstić information content (AvgIpc) is 2.71. The number of alkyl halides is 3. The number of benzene rings is 3. The number of halogens is 3. The van der Waals surface area contributed by atoms with Crippen LogP contribution in [-0.2, 0) is 19.3 Å². The number of carbonyl (C=O) groups excluding carboxylic acids is 1. The van der Waals surface area contributed by atoms with E-state index in [4.69, 9.17) is 4.74 Å². The molecule has 3 rings (SSSR count). The zero-order valence-electron chi connectivity index (χ0n) is 14.9. The number of hydrogen-bond donors (Lipinski definition) is 1. The van der Waals surface area contributed by atoms with E-state index in [0.717, 1.165) is 17.7 Å². The quantitative estimate of drug-likeness (QED) is 0.632. The zero-order valence-corrected chi connectivity index (χ0v) is 14.9. The Morgan fingerprint density at radius 1 is 0.821 bits per heavy atom. The van der Waals surface area contributed by atoms with Gasteiger partial charge in [0.25, 0.3) is 5.91 Å². The van der Waals surface area contributed by atoms with Gasteiger partial charge >= 0.3 is 6.18 Å². The summed E-state index contributed by atoms with van der Waals surface area (Å²) in [5, 5.41) is 2.84. The molecule has 0 aliphatic rings. The van der Waals surface area contributed by atoms with Gasteiger partial charge in [0, 0.05) is 12.1 Å². The predicted molar refractivity (Wildman–Crippen MR) is 99.8 cm³/mol. The average molecular weight is 385 g/mol. The van der Waals surface area contributed by atoms with Crippen molar-refractivity contribution in [2.24, 2.45) is 0 Å². The molecular weight excluding hydrogens is 367 g/mol. The van der Waals surface area contributed by atoms with Gasteiger partial charge in [0.05, 0.1) is 5.56 Å². The Bertz CT molecular complexity index is 905. The van der Waals surface area contributed by atoms with Crippen LogP contribution in [0.2, 0.25) is 0 Å². The fourth-order valence-corrected chi connectivity index (χ4v) is 2.54. The molecular formula is C22H18F3NO2. The summed E-state index contributed by atoms with van der Waals surface area (Å²) >= 11 is 0. The van der Waals surface area contributed by atoms with Gasteiger partial charge < -0.3 is 10.1 Å². The minimum atomic E-state index is -4.35. The van der Waals surface area contributed by atoms with E-state index in [2.05, 4.69) is 5.32 Å². The first kappa shape index (κ1) is 19.5. The van der Waals surface area contributed by atoms with Crippen molar-refractivity contribution in [2.45, 2.75) is 19.3 Å². The molecule has 144 valence electrons. The van der Waals surface area contributed by atoms with Gasteiger partial charge in [-0.15, -0.1) is 0 Å². The summed E-state index contributed by atoms with van der Waals surface area (Å²) in [6.45, 7) is 0.573. The molecule has 1 N–H and O–H groups in total. The highest BCUT2D eigenvalue weighted by Crippen LogP contribution is 2.29. The Morgan fingerprint density at radius 3 is 2.07 bits per heavy atom. The Balaban J connectivity index is 1.52. The van der Waals surface area contributed by atoms with Gasteiger partial charge in [-0.2, -0.15) is 13.2 Å². The molecule has 28 heavy (non-hydrogen) atoms. The fraction of sp³-hybridized carbons (Fsp3) is 0.136. The molecule has 3 nitrogen and oxygen atoms in total. The third kappa shape index (κ3) is 5.36. The van der Waals surface area contributed by atoms with Crippen LogP contribution in [0.15, 0.2) is 78.9 Å². The molecule has 0 atom stereocenters. The first-order valence-electron chi connectivity index (χ1n) is 8.63. The molecule has 0 fully saturated rings. The van der Waals surface area contributed by atoms with Crippen molar-refractivity contribution in [1.82, 2.24) is 5.32 Å². The van der Waals surface area contributed by atoms with E-state index < -0.39 is 11.7 Å². The number of amides is 1. The number of carbonyl (C=O) groups is 1. The van der Waals surface area contributed by atoms with E-state index in [1.807, 2.05) is 30.3 Å². The summed E-state index contributed by atoms with van der Waals surface area (Å²) in [6.07, 6.45) is -4.35. The Morgan fingerprint density at radius 2 is 1.46 bits per heavy atom. The molecule has 3 aromatic carbocycles. The highest BCUT2D eigenvalue weighted by Gasteiger charge is 2.29. The standard InChI is InChI=1S/C22H18F3NO2/c23-22(24,25)19-10-6-17(7-11-19)15-28-20-12-8-18(9-13-20)21(27)26-14-16-4-2-1-3-5-16/h1-13H,14-15H2,(H,26,27). The summed E-state index contributed by atoms with van der Waals surface area (Å²) < 4.78 is 43.3. The van der Waals surface area contributed by atoms with Gasteiger partial charge in [-0.25, -0.2) is 0 Å². The molecule has 0 spiro atoms. The smallest absolute Gasteiger partial charge is 0.416 e.